The van der Waals surface area contributed by atoms with Gasteiger partial charge in [0.1, 0.15) is 0 Å². The fourth-order valence-electron chi connectivity index (χ4n) is 1.17. The smallest absolute Gasteiger partial charge is 0.246 e. The van der Waals surface area contributed by atoms with Gasteiger partial charge in [-0.25, -0.2) is 0 Å². The molecule has 1 saturated heterocycles. The zero-order valence-corrected chi connectivity index (χ0v) is 9.10. The first-order valence-electron chi connectivity index (χ1n) is 4.04. The fraction of sp³-hybridized carbons (Fsp3) is 0.500. The summed E-state index contributed by atoms with van der Waals surface area (Å²) in [5.74, 6) is -0.410. The summed E-state index contributed by atoms with van der Waals surface area (Å²) in [6.07, 6.45) is 0.182. The van der Waals surface area contributed by atoms with Gasteiger partial charge in [-0.3, -0.25) is 14.5 Å². The second-order valence-corrected chi connectivity index (χ2v) is 3.69. The van der Waals surface area contributed by atoms with Gasteiger partial charge in [-0.1, -0.05) is 23.2 Å². The first-order valence-corrected chi connectivity index (χ1v) is 4.86. The average molecular weight is 237 g/mol. The quantitative estimate of drug-likeness (QED) is 0.733. The Morgan fingerprint density at radius 1 is 1.71 bits per heavy atom. The lowest BCUT2D eigenvalue weighted by Gasteiger charge is -2.09. The lowest BCUT2D eigenvalue weighted by atomic mass is 10.2. The normalized spacial score (nSPS) is 23.5. The van der Waals surface area contributed by atoms with E-state index in [0.717, 1.165) is 4.90 Å². The number of rotatable bonds is 3. The second-order valence-electron chi connectivity index (χ2n) is 2.98. The van der Waals surface area contributed by atoms with Crippen molar-refractivity contribution in [3.05, 3.63) is 10.6 Å². The Kier molecular flexibility index (Phi) is 3.92. The van der Waals surface area contributed by atoms with Gasteiger partial charge in [0.25, 0.3) is 0 Å². The molecule has 78 valence electrons. The van der Waals surface area contributed by atoms with Crippen LogP contribution in [-0.2, 0) is 9.59 Å². The lowest BCUT2D eigenvalue weighted by molar-refractivity contribution is -0.137. The molecule has 1 rings (SSSR count). The van der Waals surface area contributed by atoms with E-state index in [2.05, 4.69) is 5.32 Å². The van der Waals surface area contributed by atoms with Crippen molar-refractivity contribution in [1.29, 1.82) is 0 Å². The Balaban J connectivity index is 2.48. The molecule has 2 amide bonds. The number of amides is 2. The minimum atomic E-state index is -0.474. The van der Waals surface area contributed by atoms with Crippen molar-refractivity contribution in [2.24, 2.45) is 0 Å². The third kappa shape index (κ3) is 2.47. The molecule has 14 heavy (non-hydrogen) atoms. The van der Waals surface area contributed by atoms with E-state index in [1.54, 1.807) is 0 Å². The van der Waals surface area contributed by atoms with Crippen LogP contribution >= 0.6 is 23.2 Å². The number of carbonyl (C=O) groups is 2. The largest absolute Gasteiger partial charge is 0.300 e. The van der Waals surface area contributed by atoms with Crippen LogP contribution in [-0.4, -0.2) is 36.3 Å². The number of nitrogens with zero attached hydrogens (tertiary/aromatic N) is 1. The SMILES string of the molecule is CN1C(=O)CC(NCC(Cl)=CCl)C1=O. The molecule has 1 unspecified atom stereocenters. The van der Waals surface area contributed by atoms with Crippen LogP contribution in [0.4, 0.5) is 0 Å². The molecule has 0 aliphatic carbocycles. The predicted octanol–water partition coefficient (Wildman–Crippen LogP) is 0.652. The molecule has 1 fully saturated rings. The number of halogens is 2. The van der Waals surface area contributed by atoms with Crippen molar-refractivity contribution >= 4 is 35.0 Å². The summed E-state index contributed by atoms with van der Waals surface area (Å²) in [5.41, 5.74) is 1.22. The number of imide groups is 1. The number of hydrogen-bond acceptors (Lipinski definition) is 3. The summed E-state index contributed by atoms with van der Waals surface area (Å²) in [4.78, 5) is 23.6. The Hall–Kier alpha value is -0.580. The zero-order valence-electron chi connectivity index (χ0n) is 7.59. The predicted molar refractivity (Wildman–Crippen MR) is 54.0 cm³/mol. The molecule has 0 bridgehead atoms. The Bertz CT molecular complexity index is 291. The molecule has 0 radical (unpaired) electrons. The third-order valence-electron chi connectivity index (χ3n) is 2.02. The van der Waals surface area contributed by atoms with Crippen molar-refractivity contribution in [2.75, 3.05) is 13.6 Å². The number of likely N-dealkylation sites (tertiary alicyclic amines) is 1. The molecule has 1 atom stereocenters. The molecule has 6 heteroatoms. The highest BCUT2D eigenvalue weighted by Crippen LogP contribution is 2.11. The van der Waals surface area contributed by atoms with Crippen molar-refractivity contribution in [3.8, 4) is 0 Å². The molecule has 0 saturated carbocycles. The van der Waals surface area contributed by atoms with Crippen LogP contribution in [0.15, 0.2) is 10.6 Å². The maximum Gasteiger partial charge on any atom is 0.246 e. The maximum absolute atomic E-state index is 11.4. The molecule has 0 spiro atoms. The molecular weight excluding hydrogens is 227 g/mol. The van der Waals surface area contributed by atoms with Crippen LogP contribution in [0, 0.1) is 0 Å². The van der Waals surface area contributed by atoms with Crippen molar-refractivity contribution < 1.29 is 9.59 Å². The maximum atomic E-state index is 11.4. The molecule has 1 N–H and O–H groups in total. The number of hydrogen-bond donors (Lipinski definition) is 1. The fourth-order valence-corrected chi connectivity index (χ4v) is 1.33. The monoisotopic (exact) mass is 236 g/mol. The van der Waals surface area contributed by atoms with Crippen LogP contribution in [0.25, 0.3) is 0 Å². The van der Waals surface area contributed by atoms with Gasteiger partial charge in [-0.05, 0) is 0 Å². The van der Waals surface area contributed by atoms with Crippen LogP contribution < -0.4 is 5.32 Å². The molecule has 0 aromatic rings. The van der Waals surface area contributed by atoms with Crippen molar-refractivity contribution in [3.63, 3.8) is 0 Å². The highest BCUT2D eigenvalue weighted by Gasteiger charge is 2.35. The highest BCUT2D eigenvalue weighted by atomic mass is 35.5. The van der Waals surface area contributed by atoms with E-state index >= 15 is 0 Å². The van der Waals surface area contributed by atoms with Crippen LogP contribution in [0.3, 0.4) is 0 Å². The molecular formula is C8H10Cl2N2O2. The van der Waals surface area contributed by atoms with E-state index in [1.807, 2.05) is 0 Å². The van der Waals surface area contributed by atoms with E-state index in [4.69, 9.17) is 23.2 Å². The third-order valence-corrected chi connectivity index (χ3v) is 2.64. The molecule has 4 nitrogen and oxygen atoms in total. The van der Waals surface area contributed by atoms with E-state index in [1.165, 1.54) is 12.6 Å². The van der Waals surface area contributed by atoms with Gasteiger partial charge in [-0.2, -0.15) is 0 Å². The van der Waals surface area contributed by atoms with Gasteiger partial charge < -0.3 is 5.32 Å². The summed E-state index contributed by atoms with van der Waals surface area (Å²) in [6, 6.07) is -0.474. The van der Waals surface area contributed by atoms with E-state index < -0.39 is 6.04 Å². The van der Waals surface area contributed by atoms with Gasteiger partial charge >= 0.3 is 0 Å². The first kappa shape index (κ1) is 11.5. The second kappa shape index (κ2) is 4.77. The molecule has 1 heterocycles. The molecule has 1 aliphatic rings. The Labute approximate surface area is 91.8 Å². The van der Waals surface area contributed by atoms with Gasteiger partial charge in [0.15, 0.2) is 0 Å². The minimum Gasteiger partial charge on any atom is -0.300 e. The van der Waals surface area contributed by atoms with Crippen LogP contribution in [0.1, 0.15) is 6.42 Å². The summed E-state index contributed by atoms with van der Waals surface area (Å²) in [6.45, 7) is 0.294. The van der Waals surface area contributed by atoms with E-state index in [0.29, 0.717) is 11.6 Å². The summed E-state index contributed by atoms with van der Waals surface area (Å²) in [7, 11) is 1.46. The van der Waals surface area contributed by atoms with Gasteiger partial charge in [-0.15, -0.1) is 0 Å². The van der Waals surface area contributed by atoms with Crippen LogP contribution in [0.5, 0.6) is 0 Å². The average Bonchev–Trinajstić information content (AvgIpc) is 2.42. The summed E-state index contributed by atoms with van der Waals surface area (Å²) >= 11 is 11.0. The number of carbonyl (C=O) groups excluding carboxylic acids is 2. The van der Waals surface area contributed by atoms with E-state index in [9.17, 15) is 9.59 Å². The Morgan fingerprint density at radius 3 is 2.79 bits per heavy atom. The van der Waals surface area contributed by atoms with Crippen LogP contribution in [0.2, 0.25) is 0 Å². The van der Waals surface area contributed by atoms with Gasteiger partial charge in [0.05, 0.1) is 12.5 Å². The van der Waals surface area contributed by atoms with Gasteiger partial charge in [0, 0.05) is 24.2 Å². The topological polar surface area (TPSA) is 49.4 Å². The molecule has 1 aliphatic heterocycles. The van der Waals surface area contributed by atoms with Crippen molar-refractivity contribution in [1.82, 2.24) is 10.2 Å². The standard InChI is InChI=1S/C8H10Cl2N2O2/c1-12-7(13)2-6(8(12)14)11-4-5(10)3-9/h3,6,11H,2,4H2,1H3. The van der Waals surface area contributed by atoms with E-state index in [-0.39, 0.29) is 18.2 Å². The Morgan fingerprint density at radius 2 is 2.36 bits per heavy atom. The van der Waals surface area contributed by atoms with Gasteiger partial charge in [0.2, 0.25) is 11.8 Å². The number of likely N-dealkylation sites (N-methyl/N-ethyl adjacent to an activating group) is 1. The first-order chi connectivity index (χ1) is 6.56. The summed E-state index contributed by atoms with van der Waals surface area (Å²) < 4.78 is 0. The zero-order chi connectivity index (χ0) is 10.7. The highest BCUT2D eigenvalue weighted by molar-refractivity contribution is 6.36. The summed E-state index contributed by atoms with van der Waals surface area (Å²) in [5, 5.41) is 3.25. The minimum absolute atomic E-state index is 0.182. The molecule has 0 aromatic heterocycles. The lowest BCUT2D eigenvalue weighted by Crippen LogP contribution is -2.37. The van der Waals surface area contributed by atoms with Crippen molar-refractivity contribution in [2.45, 2.75) is 12.5 Å². The molecule has 0 aromatic carbocycles. The number of nitrogens with one attached hydrogen (secondary N) is 1.